The van der Waals surface area contributed by atoms with Crippen LogP contribution < -0.4 is 4.74 Å². The molecule has 0 N–H and O–H groups in total. The van der Waals surface area contributed by atoms with Gasteiger partial charge in [0.2, 0.25) is 0 Å². The van der Waals surface area contributed by atoms with Crippen LogP contribution in [0.2, 0.25) is 5.02 Å². The van der Waals surface area contributed by atoms with Crippen molar-refractivity contribution in [2.45, 2.75) is 31.3 Å². The van der Waals surface area contributed by atoms with Gasteiger partial charge >= 0.3 is 0 Å². The lowest BCUT2D eigenvalue weighted by Crippen LogP contribution is -2.45. The monoisotopic (exact) mass is 361 g/mol. The molecular formula is C21H28ClNO2. The number of likely N-dealkylation sites (tertiary alicyclic amines) is 1. The Labute approximate surface area is 155 Å². The minimum atomic E-state index is -0.290. The van der Waals surface area contributed by atoms with Crippen molar-refractivity contribution in [3.63, 3.8) is 0 Å². The summed E-state index contributed by atoms with van der Waals surface area (Å²) in [7, 11) is 3.53. The molecule has 4 heteroatoms. The number of ether oxygens (including phenoxy) is 2. The Morgan fingerprint density at radius 2 is 1.96 bits per heavy atom. The van der Waals surface area contributed by atoms with Crippen molar-refractivity contribution in [2.75, 3.05) is 33.9 Å². The van der Waals surface area contributed by atoms with Crippen LogP contribution in [-0.4, -0.2) is 38.8 Å². The van der Waals surface area contributed by atoms with Gasteiger partial charge in [0, 0.05) is 37.3 Å². The van der Waals surface area contributed by atoms with Gasteiger partial charge in [-0.1, -0.05) is 23.8 Å². The third kappa shape index (κ3) is 3.22. The maximum Gasteiger partial charge on any atom is 0.125 e. The summed E-state index contributed by atoms with van der Waals surface area (Å²) in [5.74, 6) is 3.41. The van der Waals surface area contributed by atoms with E-state index in [2.05, 4.69) is 17.1 Å². The van der Waals surface area contributed by atoms with E-state index >= 15 is 0 Å². The smallest absolute Gasteiger partial charge is 0.125 e. The van der Waals surface area contributed by atoms with Crippen molar-refractivity contribution in [1.82, 2.24) is 4.90 Å². The Bertz CT molecular complexity index is 651. The molecule has 3 nitrogen and oxygen atoms in total. The van der Waals surface area contributed by atoms with Crippen molar-refractivity contribution in [3.05, 3.63) is 40.9 Å². The molecule has 0 amide bonds. The number of piperidine rings is 1. The van der Waals surface area contributed by atoms with Crippen LogP contribution in [0.25, 0.3) is 0 Å². The molecule has 0 aromatic heterocycles. The number of benzene rings is 1. The standard InChI is InChI=1S/C21H28ClNO2/c1-24-20-6-5-18(22)13-19(20)21(25-2)7-9-23(10-8-21)14-17-12-15-3-4-16(17)11-15/h3-6,13,15-17H,7-12,14H2,1-2H3/t15-,16+,17+/m0/s1. The van der Waals surface area contributed by atoms with Gasteiger partial charge in [0.25, 0.3) is 0 Å². The van der Waals surface area contributed by atoms with E-state index in [1.165, 1.54) is 19.4 Å². The van der Waals surface area contributed by atoms with Gasteiger partial charge in [0.1, 0.15) is 5.75 Å². The number of fused-ring (bicyclic) bond motifs is 2. The Morgan fingerprint density at radius 1 is 1.16 bits per heavy atom. The first-order chi connectivity index (χ1) is 12.1. The first-order valence-electron chi connectivity index (χ1n) is 9.43. The fourth-order valence-corrected chi connectivity index (χ4v) is 5.32. The summed E-state index contributed by atoms with van der Waals surface area (Å²) < 4.78 is 11.6. The summed E-state index contributed by atoms with van der Waals surface area (Å²) in [6.45, 7) is 3.38. The predicted molar refractivity (Wildman–Crippen MR) is 101 cm³/mol. The summed E-state index contributed by atoms with van der Waals surface area (Å²) >= 11 is 6.26. The molecule has 4 rings (SSSR count). The Kier molecular flexibility index (Phi) is 4.83. The summed E-state index contributed by atoms with van der Waals surface area (Å²) in [4.78, 5) is 2.63. The van der Waals surface area contributed by atoms with Gasteiger partial charge in [-0.25, -0.2) is 0 Å². The average Bonchev–Trinajstić information content (AvgIpc) is 3.26. The molecule has 1 saturated heterocycles. The van der Waals surface area contributed by atoms with E-state index in [-0.39, 0.29) is 5.60 Å². The highest BCUT2D eigenvalue weighted by Crippen LogP contribution is 2.45. The van der Waals surface area contributed by atoms with Crippen LogP contribution in [0.3, 0.4) is 0 Å². The van der Waals surface area contributed by atoms with Crippen LogP contribution in [-0.2, 0) is 10.3 Å². The lowest BCUT2D eigenvalue weighted by molar-refractivity contribution is -0.0659. The fraction of sp³-hybridized carbons (Fsp3) is 0.619. The van der Waals surface area contributed by atoms with E-state index in [0.717, 1.165) is 60.0 Å². The van der Waals surface area contributed by atoms with Crippen LogP contribution in [0.15, 0.2) is 30.4 Å². The van der Waals surface area contributed by atoms with Crippen molar-refractivity contribution in [1.29, 1.82) is 0 Å². The molecule has 3 atom stereocenters. The lowest BCUT2D eigenvalue weighted by atomic mass is 9.82. The van der Waals surface area contributed by atoms with Crippen LogP contribution in [0.4, 0.5) is 0 Å². The minimum Gasteiger partial charge on any atom is -0.496 e. The summed E-state index contributed by atoms with van der Waals surface area (Å²) in [5, 5.41) is 0.739. The highest BCUT2D eigenvalue weighted by molar-refractivity contribution is 6.30. The van der Waals surface area contributed by atoms with E-state index in [9.17, 15) is 0 Å². The van der Waals surface area contributed by atoms with E-state index in [1.54, 1.807) is 7.11 Å². The first-order valence-corrected chi connectivity index (χ1v) is 9.81. The zero-order chi connectivity index (χ0) is 17.4. The fourth-order valence-electron chi connectivity index (χ4n) is 5.15. The van der Waals surface area contributed by atoms with Crippen molar-refractivity contribution < 1.29 is 9.47 Å². The number of methoxy groups -OCH3 is 2. The van der Waals surface area contributed by atoms with Crippen molar-refractivity contribution in [3.8, 4) is 5.75 Å². The van der Waals surface area contributed by atoms with Gasteiger partial charge in [0.15, 0.2) is 0 Å². The highest BCUT2D eigenvalue weighted by atomic mass is 35.5. The van der Waals surface area contributed by atoms with Gasteiger partial charge in [-0.05, 0) is 61.6 Å². The molecule has 0 unspecified atom stereocenters. The van der Waals surface area contributed by atoms with Crippen LogP contribution in [0, 0.1) is 17.8 Å². The highest BCUT2D eigenvalue weighted by Gasteiger charge is 2.41. The molecule has 2 fully saturated rings. The lowest BCUT2D eigenvalue weighted by Gasteiger charge is -2.42. The number of hydrogen-bond acceptors (Lipinski definition) is 3. The molecule has 1 heterocycles. The molecule has 1 aliphatic heterocycles. The second-order valence-corrected chi connectivity index (χ2v) is 8.32. The molecule has 0 radical (unpaired) electrons. The minimum absolute atomic E-state index is 0.290. The summed E-state index contributed by atoms with van der Waals surface area (Å²) in [6.07, 6.45) is 9.63. The van der Waals surface area contributed by atoms with Crippen LogP contribution in [0.1, 0.15) is 31.2 Å². The zero-order valence-electron chi connectivity index (χ0n) is 15.2. The van der Waals surface area contributed by atoms with Gasteiger partial charge in [-0.3, -0.25) is 0 Å². The van der Waals surface area contributed by atoms with Gasteiger partial charge < -0.3 is 14.4 Å². The maximum atomic E-state index is 6.26. The molecular weight excluding hydrogens is 334 g/mol. The first kappa shape index (κ1) is 17.4. The van der Waals surface area contributed by atoms with E-state index in [4.69, 9.17) is 21.1 Å². The number of nitrogens with zero attached hydrogens (tertiary/aromatic N) is 1. The van der Waals surface area contributed by atoms with Crippen LogP contribution in [0.5, 0.6) is 5.75 Å². The third-order valence-electron chi connectivity index (χ3n) is 6.62. The van der Waals surface area contributed by atoms with E-state index in [0.29, 0.717) is 0 Å². The maximum absolute atomic E-state index is 6.26. The Balaban J connectivity index is 1.45. The Morgan fingerprint density at radius 3 is 2.56 bits per heavy atom. The predicted octanol–water partition coefficient (Wildman–Crippen LogP) is 4.50. The third-order valence-corrected chi connectivity index (χ3v) is 6.85. The van der Waals surface area contributed by atoms with E-state index in [1.807, 2.05) is 25.3 Å². The second kappa shape index (κ2) is 6.94. The topological polar surface area (TPSA) is 21.7 Å². The van der Waals surface area contributed by atoms with Crippen LogP contribution >= 0.6 is 11.6 Å². The molecule has 1 aromatic carbocycles. The molecule has 3 aliphatic rings. The normalized spacial score (nSPS) is 30.8. The molecule has 2 bridgehead atoms. The molecule has 136 valence electrons. The van der Waals surface area contributed by atoms with Crippen molar-refractivity contribution >= 4 is 11.6 Å². The number of halogens is 1. The summed E-state index contributed by atoms with van der Waals surface area (Å²) in [5.41, 5.74) is 0.800. The van der Waals surface area contributed by atoms with Gasteiger partial charge in [0.05, 0.1) is 12.7 Å². The molecule has 0 spiro atoms. The van der Waals surface area contributed by atoms with E-state index < -0.39 is 0 Å². The second-order valence-electron chi connectivity index (χ2n) is 7.88. The molecule has 1 saturated carbocycles. The number of allylic oxidation sites excluding steroid dienone is 2. The van der Waals surface area contributed by atoms with Gasteiger partial charge in [-0.2, -0.15) is 0 Å². The summed E-state index contributed by atoms with van der Waals surface area (Å²) in [6, 6.07) is 5.84. The van der Waals surface area contributed by atoms with Crippen molar-refractivity contribution in [2.24, 2.45) is 17.8 Å². The molecule has 1 aromatic rings. The quantitative estimate of drug-likeness (QED) is 0.721. The number of rotatable bonds is 5. The molecule has 2 aliphatic carbocycles. The molecule has 25 heavy (non-hydrogen) atoms. The largest absolute Gasteiger partial charge is 0.496 e. The number of hydrogen-bond donors (Lipinski definition) is 0. The SMILES string of the molecule is COc1ccc(Cl)cc1C1(OC)CCN(C[C@H]2C[C@H]3C=C[C@@H]2C3)CC1. The average molecular weight is 362 g/mol. The van der Waals surface area contributed by atoms with Gasteiger partial charge in [-0.15, -0.1) is 0 Å². The zero-order valence-corrected chi connectivity index (χ0v) is 16.0. The Hall–Kier alpha value is -1.03.